The predicted molar refractivity (Wildman–Crippen MR) is 118 cm³/mol. The third kappa shape index (κ3) is 5.84. The number of nitrogens with zero attached hydrogens (tertiary/aromatic N) is 2. The van der Waals surface area contributed by atoms with Crippen LogP contribution in [0.5, 0.6) is 5.75 Å². The fourth-order valence-corrected chi connectivity index (χ4v) is 2.93. The molecular formula is C23H17Cl2N3O2. The first-order chi connectivity index (χ1) is 14.6. The molecule has 0 bridgehead atoms. The zero-order valence-corrected chi connectivity index (χ0v) is 17.3. The van der Waals surface area contributed by atoms with Gasteiger partial charge in [0.1, 0.15) is 12.4 Å². The number of hydrazone groups is 1. The Bertz CT molecular complexity index is 1080. The molecule has 0 fully saturated rings. The number of amides is 1. The number of carbonyl (C=O) groups excluding carboxylic acids is 1. The van der Waals surface area contributed by atoms with Crippen molar-refractivity contribution in [2.24, 2.45) is 5.10 Å². The molecule has 0 unspecified atom stereocenters. The van der Waals surface area contributed by atoms with Crippen molar-refractivity contribution >= 4 is 35.3 Å². The number of nitrogens with one attached hydrogen (secondary N) is 1. The molecule has 3 rings (SSSR count). The van der Waals surface area contributed by atoms with E-state index in [-0.39, 0.29) is 0 Å². The zero-order valence-electron chi connectivity index (χ0n) is 15.8. The van der Waals surface area contributed by atoms with Crippen LogP contribution < -0.4 is 10.2 Å². The highest BCUT2D eigenvalue weighted by atomic mass is 35.5. The van der Waals surface area contributed by atoms with Gasteiger partial charge in [-0.3, -0.25) is 4.79 Å². The number of hydrogen-bond acceptors (Lipinski definition) is 4. The lowest BCUT2D eigenvalue weighted by atomic mass is 10.0. The second kappa shape index (κ2) is 10.4. The van der Waals surface area contributed by atoms with Gasteiger partial charge in [-0.15, -0.1) is 0 Å². The van der Waals surface area contributed by atoms with Gasteiger partial charge in [-0.1, -0.05) is 59.6 Å². The van der Waals surface area contributed by atoms with Crippen LogP contribution >= 0.6 is 23.2 Å². The van der Waals surface area contributed by atoms with Crippen LogP contribution in [0.1, 0.15) is 22.6 Å². The molecule has 1 N–H and O–H groups in total. The zero-order chi connectivity index (χ0) is 21.3. The van der Waals surface area contributed by atoms with Gasteiger partial charge in [-0.2, -0.15) is 10.4 Å². The SMILES string of the molecule is N#C[C@H](C(=O)N/N=C\c1ccc(OCc2ccc(Cl)c(Cl)c2)cc1)c1ccccc1. The maximum Gasteiger partial charge on any atom is 0.261 e. The van der Waals surface area contributed by atoms with Crippen LogP contribution in [-0.2, 0) is 11.4 Å². The number of halogens is 2. The van der Waals surface area contributed by atoms with Gasteiger partial charge in [-0.05, 0) is 53.1 Å². The van der Waals surface area contributed by atoms with Crippen LogP contribution in [0.2, 0.25) is 10.0 Å². The van der Waals surface area contributed by atoms with Crippen molar-refractivity contribution < 1.29 is 9.53 Å². The molecule has 3 aromatic rings. The molecule has 7 heteroatoms. The Kier molecular flexibility index (Phi) is 7.45. The Hall–Kier alpha value is -3.33. The van der Waals surface area contributed by atoms with E-state index in [2.05, 4.69) is 10.5 Å². The van der Waals surface area contributed by atoms with Gasteiger partial charge in [-0.25, -0.2) is 5.43 Å². The van der Waals surface area contributed by atoms with E-state index in [0.29, 0.717) is 28.0 Å². The third-order valence-electron chi connectivity index (χ3n) is 4.18. The lowest BCUT2D eigenvalue weighted by Gasteiger charge is -2.08. The maximum absolute atomic E-state index is 12.2. The van der Waals surface area contributed by atoms with Crippen LogP contribution in [0.25, 0.3) is 0 Å². The van der Waals surface area contributed by atoms with Gasteiger partial charge in [0.2, 0.25) is 0 Å². The van der Waals surface area contributed by atoms with Crippen LogP contribution in [0.15, 0.2) is 77.9 Å². The quantitative estimate of drug-likeness (QED) is 0.400. The molecule has 0 aromatic heterocycles. The molecule has 3 aromatic carbocycles. The van der Waals surface area contributed by atoms with Crippen molar-refractivity contribution in [1.82, 2.24) is 5.43 Å². The van der Waals surface area contributed by atoms with E-state index in [9.17, 15) is 10.1 Å². The summed E-state index contributed by atoms with van der Waals surface area (Å²) in [6.07, 6.45) is 1.50. The molecule has 0 saturated carbocycles. The standard InChI is InChI=1S/C23H17Cl2N3O2/c24-21-11-8-17(12-22(21)25)15-30-19-9-6-16(7-10-19)14-27-28-23(29)20(13-26)18-4-2-1-3-5-18/h1-12,14,20H,15H2,(H,28,29)/b27-14-/t20-/m0/s1. The minimum atomic E-state index is -0.916. The number of carbonyl (C=O) groups is 1. The molecule has 1 amide bonds. The van der Waals surface area contributed by atoms with E-state index >= 15 is 0 Å². The summed E-state index contributed by atoms with van der Waals surface area (Å²) in [5, 5.41) is 14.2. The molecule has 5 nitrogen and oxygen atoms in total. The summed E-state index contributed by atoms with van der Waals surface area (Å²) in [5.41, 5.74) is 4.70. The highest BCUT2D eigenvalue weighted by Gasteiger charge is 2.19. The Morgan fingerprint density at radius 2 is 1.80 bits per heavy atom. The summed E-state index contributed by atoms with van der Waals surface area (Å²) < 4.78 is 5.73. The summed E-state index contributed by atoms with van der Waals surface area (Å²) >= 11 is 11.9. The summed E-state index contributed by atoms with van der Waals surface area (Å²) in [6.45, 7) is 0.357. The van der Waals surface area contributed by atoms with Gasteiger partial charge in [0.15, 0.2) is 5.92 Å². The smallest absolute Gasteiger partial charge is 0.261 e. The number of nitriles is 1. The minimum Gasteiger partial charge on any atom is -0.489 e. The number of ether oxygens (including phenoxy) is 1. The average Bonchev–Trinajstić information content (AvgIpc) is 2.77. The van der Waals surface area contributed by atoms with Crippen LogP contribution in [0.3, 0.4) is 0 Å². The van der Waals surface area contributed by atoms with E-state index < -0.39 is 11.8 Å². The summed E-state index contributed by atoms with van der Waals surface area (Å²) in [5.74, 6) is -0.724. The lowest BCUT2D eigenvalue weighted by molar-refractivity contribution is -0.121. The van der Waals surface area contributed by atoms with E-state index in [0.717, 1.165) is 11.1 Å². The summed E-state index contributed by atoms with van der Waals surface area (Å²) in [4.78, 5) is 12.2. The second-order valence-corrected chi connectivity index (χ2v) is 7.13. The Balaban J connectivity index is 1.53. The Labute approximate surface area is 184 Å². The molecule has 150 valence electrons. The average molecular weight is 438 g/mol. The monoisotopic (exact) mass is 437 g/mol. The highest BCUT2D eigenvalue weighted by Crippen LogP contribution is 2.23. The molecule has 0 radical (unpaired) electrons. The minimum absolute atomic E-state index is 0.357. The molecule has 0 saturated heterocycles. The van der Waals surface area contributed by atoms with Gasteiger partial charge in [0.05, 0.1) is 22.3 Å². The van der Waals surface area contributed by atoms with E-state index in [4.69, 9.17) is 27.9 Å². The number of hydrogen-bond donors (Lipinski definition) is 1. The molecule has 1 atom stereocenters. The molecule has 0 heterocycles. The maximum atomic E-state index is 12.2. The normalized spacial score (nSPS) is 11.6. The molecule has 0 aliphatic rings. The topological polar surface area (TPSA) is 74.5 Å². The predicted octanol–water partition coefficient (Wildman–Crippen LogP) is 5.33. The first-order valence-electron chi connectivity index (χ1n) is 9.01. The summed E-state index contributed by atoms with van der Waals surface area (Å²) in [6, 6.07) is 23.4. The molecule has 0 aliphatic carbocycles. The largest absolute Gasteiger partial charge is 0.489 e. The van der Waals surface area contributed by atoms with Crippen molar-refractivity contribution in [3.8, 4) is 11.8 Å². The molecular weight excluding hydrogens is 421 g/mol. The Morgan fingerprint density at radius 3 is 2.47 bits per heavy atom. The first kappa shape index (κ1) is 21.4. The van der Waals surface area contributed by atoms with Crippen molar-refractivity contribution in [3.63, 3.8) is 0 Å². The van der Waals surface area contributed by atoms with Crippen molar-refractivity contribution in [3.05, 3.63) is 99.5 Å². The van der Waals surface area contributed by atoms with Gasteiger partial charge >= 0.3 is 0 Å². The fourth-order valence-electron chi connectivity index (χ4n) is 2.61. The summed E-state index contributed by atoms with van der Waals surface area (Å²) in [7, 11) is 0. The highest BCUT2D eigenvalue weighted by molar-refractivity contribution is 6.42. The van der Waals surface area contributed by atoms with Crippen molar-refractivity contribution in [2.75, 3.05) is 0 Å². The van der Waals surface area contributed by atoms with E-state index in [1.807, 2.05) is 18.2 Å². The van der Waals surface area contributed by atoms with Gasteiger partial charge in [0.25, 0.3) is 5.91 Å². The van der Waals surface area contributed by atoms with E-state index in [1.165, 1.54) is 6.21 Å². The molecule has 30 heavy (non-hydrogen) atoms. The van der Waals surface area contributed by atoms with E-state index in [1.54, 1.807) is 60.7 Å². The van der Waals surface area contributed by atoms with Crippen LogP contribution in [0.4, 0.5) is 0 Å². The first-order valence-corrected chi connectivity index (χ1v) is 9.76. The van der Waals surface area contributed by atoms with Crippen LogP contribution in [-0.4, -0.2) is 12.1 Å². The van der Waals surface area contributed by atoms with Gasteiger partial charge in [0, 0.05) is 0 Å². The van der Waals surface area contributed by atoms with Crippen molar-refractivity contribution in [1.29, 1.82) is 5.26 Å². The lowest BCUT2D eigenvalue weighted by Crippen LogP contribution is -2.24. The fraction of sp³-hybridized carbons (Fsp3) is 0.0870. The van der Waals surface area contributed by atoms with Crippen molar-refractivity contribution in [2.45, 2.75) is 12.5 Å². The molecule has 0 spiro atoms. The van der Waals surface area contributed by atoms with Gasteiger partial charge < -0.3 is 4.74 Å². The second-order valence-electron chi connectivity index (χ2n) is 6.31. The Morgan fingerprint density at radius 1 is 1.07 bits per heavy atom. The third-order valence-corrected chi connectivity index (χ3v) is 4.92. The van der Waals surface area contributed by atoms with Crippen LogP contribution in [0, 0.1) is 11.3 Å². The number of benzene rings is 3. The number of rotatable bonds is 7. The molecule has 0 aliphatic heterocycles.